The van der Waals surface area contributed by atoms with Crippen LogP contribution in [-0.2, 0) is 21.5 Å². The number of benzene rings is 2. The molecule has 0 aliphatic carbocycles. The summed E-state index contributed by atoms with van der Waals surface area (Å²) in [5, 5.41) is 13.4. The molecule has 1 unspecified atom stereocenters. The molecule has 0 radical (unpaired) electrons. The van der Waals surface area contributed by atoms with Gasteiger partial charge in [-0.3, -0.25) is 4.79 Å². The number of carboxylic acids is 1. The van der Waals surface area contributed by atoms with Crippen molar-refractivity contribution in [1.29, 1.82) is 0 Å². The van der Waals surface area contributed by atoms with E-state index in [2.05, 4.69) is 14.4 Å². The number of hydrogen-bond donors (Lipinski definition) is 2. The maximum atomic E-state index is 12.8. The van der Waals surface area contributed by atoms with Crippen LogP contribution in [0.25, 0.3) is 11.3 Å². The summed E-state index contributed by atoms with van der Waals surface area (Å²) in [6.07, 6.45) is 0. The Morgan fingerprint density at radius 3 is 2.40 bits per heavy atom. The Morgan fingerprint density at radius 1 is 1.20 bits per heavy atom. The summed E-state index contributed by atoms with van der Waals surface area (Å²) in [7, 11) is -4.11. The largest absolute Gasteiger partial charge is 0.480 e. The van der Waals surface area contributed by atoms with Crippen molar-refractivity contribution in [2.24, 2.45) is 0 Å². The number of nitrogens with one attached hydrogen (secondary N) is 1. The number of sulfonamides is 1. The number of nitrogens with zero attached hydrogens (tertiary/aromatic N) is 1. The van der Waals surface area contributed by atoms with E-state index in [9.17, 15) is 22.7 Å². The average molecular weight is 544 g/mol. The second-order valence-electron chi connectivity index (χ2n) is 6.24. The van der Waals surface area contributed by atoms with E-state index in [1.54, 1.807) is 30.3 Å². The number of aromatic nitrogens is 1. The molecule has 2 N–H and O–H groups in total. The van der Waals surface area contributed by atoms with Gasteiger partial charge in [0, 0.05) is 11.6 Å². The van der Waals surface area contributed by atoms with Gasteiger partial charge < -0.3 is 9.63 Å². The van der Waals surface area contributed by atoms with Crippen molar-refractivity contribution in [2.45, 2.75) is 21.5 Å². The number of rotatable bonds is 9. The van der Waals surface area contributed by atoms with E-state index in [1.165, 1.54) is 30.3 Å². The molecular weight excluding hydrogens is 526 g/mol. The molecule has 0 saturated heterocycles. The summed E-state index contributed by atoms with van der Waals surface area (Å²) in [5.74, 6) is -1.20. The molecule has 0 fully saturated rings. The second-order valence-corrected chi connectivity index (χ2v) is 10.2. The summed E-state index contributed by atoms with van der Waals surface area (Å²) >= 11 is -0.878. The zero-order chi connectivity index (χ0) is 21.7. The summed E-state index contributed by atoms with van der Waals surface area (Å²) in [4.78, 5) is 11.8. The van der Waals surface area contributed by atoms with Gasteiger partial charge in [0.25, 0.3) is 0 Å². The van der Waals surface area contributed by atoms with Gasteiger partial charge in [0.1, 0.15) is 18.4 Å². The maximum Gasteiger partial charge on any atom is 0.323 e. The number of aliphatic carboxylic acids is 1. The predicted molar refractivity (Wildman–Crippen MR) is 119 cm³/mol. The molecule has 158 valence electrons. The van der Waals surface area contributed by atoms with Crippen molar-refractivity contribution < 1.29 is 27.2 Å². The van der Waals surface area contributed by atoms with Crippen LogP contribution >= 0.6 is 20.7 Å². The number of carbonyl (C=O) groups is 1. The minimum absolute atomic E-state index is 0.0658. The van der Waals surface area contributed by atoms with Gasteiger partial charge in [-0.05, 0) is 17.7 Å². The van der Waals surface area contributed by atoms with Crippen molar-refractivity contribution >= 4 is 41.2 Å². The van der Waals surface area contributed by atoms with Gasteiger partial charge in [0.2, 0.25) is 10.0 Å². The summed E-state index contributed by atoms with van der Waals surface area (Å²) in [6.45, 7) is -0.794. The van der Waals surface area contributed by atoms with Crippen LogP contribution < -0.4 is 4.72 Å². The van der Waals surface area contributed by atoms with Crippen molar-refractivity contribution in [1.82, 2.24) is 9.88 Å². The zero-order valence-corrected chi connectivity index (χ0v) is 18.5. The third kappa shape index (κ3) is 4.99. The SMILES string of the molecule is C=I[C@H](c1ccccc1)C(NS(=O)(=O)c1ccc(-c2cc(CF)on2)cc1)C(=O)O. The monoisotopic (exact) mass is 544 g/mol. The quantitative estimate of drug-likeness (QED) is 0.314. The topological polar surface area (TPSA) is 110 Å². The molecule has 0 spiro atoms. The number of carboxylic acid groups (broad SMARTS) is 1. The Morgan fingerprint density at radius 2 is 1.87 bits per heavy atom. The van der Waals surface area contributed by atoms with Crippen molar-refractivity contribution in [3.05, 3.63) is 72.0 Å². The van der Waals surface area contributed by atoms with Gasteiger partial charge in [-0.15, -0.1) is 20.7 Å². The van der Waals surface area contributed by atoms with Gasteiger partial charge in [-0.1, -0.05) is 52.1 Å². The van der Waals surface area contributed by atoms with Crippen LogP contribution in [0.4, 0.5) is 4.39 Å². The molecule has 1 aromatic heterocycles. The summed E-state index contributed by atoms with van der Waals surface area (Å²) in [5.41, 5.74) is 1.63. The Hall–Kier alpha value is -2.44. The lowest BCUT2D eigenvalue weighted by molar-refractivity contribution is -0.138. The normalized spacial score (nSPS) is 13.6. The highest BCUT2D eigenvalue weighted by atomic mass is 127. The molecule has 1 heterocycles. The van der Waals surface area contributed by atoms with Gasteiger partial charge in [-0.25, -0.2) is 12.8 Å². The minimum atomic E-state index is -4.11. The smallest absolute Gasteiger partial charge is 0.323 e. The average Bonchev–Trinajstić information content (AvgIpc) is 3.24. The highest BCUT2D eigenvalue weighted by Gasteiger charge is 2.32. The van der Waals surface area contributed by atoms with Gasteiger partial charge in [0.15, 0.2) is 5.76 Å². The highest BCUT2D eigenvalue weighted by molar-refractivity contribution is 14.2. The third-order valence-electron chi connectivity index (χ3n) is 4.28. The van der Waals surface area contributed by atoms with E-state index in [0.29, 0.717) is 11.3 Å². The predicted octanol–water partition coefficient (Wildman–Crippen LogP) is 3.69. The molecule has 2 aromatic carbocycles. The first-order valence-corrected chi connectivity index (χ1v) is 12.9. The molecule has 3 aromatic rings. The van der Waals surface area contributed by atoms with E-state index in [4.69, 9.17) is 4.52 Å². The lowest BCUT2D eigenvalue weighted by Gasteiger charge is -2.22. The number of alkyl halides is 2. The fourth-order valence-electron chi connectivity index (χ4n) is 2.79. The van der Waals surface area contributed by atoms with Crippen LogP contribution in [0.2, 0.25) is 0 Å². The summed E-state index contributed by atoms with van der Waals surface area (Å²) < 4.78 is 48.7. The number of halogens is 2. The summed E-state index contributed by atoms with van der Waals surface area (Å²) in [6, 6.07) is 14.6. The Labute approximate surface area is 182 Å². The van der Waals surface area contributed by atoms with E-state index in [1.807, 2.05) is 0 Å². The van der Waals surface area contributed by atoms with Crippen LogP contribution in [0, 0.1) is 0 Å². The molecule has 0 aliphatic heterocycles. The molecule has 0 amide bonds. The lowest BCUT2D eigenvalue weighted by atomic mass is 10.1. The van der Waals surface area contributed by atoms with E-state index < -0.39 is 53.4 Å². The molecule has 0 saturated carbocycles. The maximum absolute atomic E-state index is 12.8. The fraction of sp³-hybridized carbons (Fsp3) is 0.150. The van der Waals surface area contributed by atoms with Gasteiger partial charge in [-0.2, -0.15) is 4.72 Å². The van der Waals surface area contributed by atoms with E-state index in [-0.39, 0.29) is 10.7 Å². The van der Waals surface area contributed by atoms with E-state index in [0.717, 1.165) is 5.56 Å². The molecule has 0 aliphatic rings. The molecule has 10 heteroatoms. The van der Waals surface area contributed by atoms with Crippen LogP contribution in [0.3, 0.4) is 0 Å². The molecule has 30 heavy (non-hydrogen) atoms. The van der Waals surface area contributed by atoms with Crippen LogP contribution in [0.1, 0.15) is 15.2 Å². The van der Waals surface area contributed by atoms with Crippen LogP contribution in [0.5, 0.6) is 0 Å². The molecule has 3 rings (SSSR count). The second kappa shape index (κ2) is 9.58. The number of hydrogen-bond acceptors (Lipinski definition) is 5. The lowest BCUT2D eigenvalue weighted by Crippen LogP contribution is -2.43. The van der Waals surface area contributed by atoms with Crippen molar-refractivity contribution in [3.63, 3.8) is 0 Å². The standard InChI is InChI=1S/C20H18FIN2O5S/c1-22-18(14-5-3-2-4-6-14)19(20(25)26)24-30(27,28)16-9-7-13(8-10-16)17-11-15(12-21)29-23-17/h2-11,18-19,24H,1,12H2,(H,25,26)/t18-,19?/m1/s1. The van der Waals surface area contributed by atoms with Crippen molar-refractivity contribution in [3.8, 4) is 11.3 Å². The first kappa shape index (κ1) is 22.2. The van der Waals surface area contributed by atoms with Crippen molar-refractivity contribution in [2.75, 3.05) is 0 Å². The van der Waals surface area contributed by atoms with Gasteiger partial charge >= 0.3 is 5.97 Å². The zero-order valence-electron chi connectivity index (χ0n) is 15.5. The van der Waals surface area contributed by atoms with E-state index >= 15 is 0 Å². The Balaban J connectivity index is 1.86. The minimum Gasteiger partial charge on any atom is -0.480 e. The molecule has 2 atom stereocenters. The first-order chi connectivity index (χ1) is 14.4. The van der Waals surface area contributed by atoms with Crippen LogP contribution in [-0.4, -0.2) is 35.2 Å². The highest BCUT2D eigenvalue weighted by Crippen LogP contribution is 2.32. The van der Waals surface area contributed by atoms with Gasteiger partial charge in [0.05, 0.1) is 8.82 Å². The third-order valence-corrected chi connectivity index (χ3v) is 8.12. The first-order valence-electron chi connectivity index (χ1n) is 8.64. The Bertz CT molecular complexity index is 1130. The molecular formula is C20H18FIN2O5S. The van der Waals surface area contributed by atoms with Crippen LogP contribution in [0.15, 0.2) is 70.1 Å². The molecule has 7 nitrogen and oxygen atoms in total. The fourth-order valence-corrected chi connectivity index (χ4v) is 6.16. The Kier molecular flexibility index (Phi) is 7.10. The molecule has 0 bridgehead atoms.